The van der Waals surface area contributed by atoms with Crippen molar-refractivity contribution in [1.29, 1.82) is 0 Å². The van der Waals surface area contributed by atoms with Gasteiger partial charge in [0.25, 0.3) is 0 Å². The number of ether oxygens (including phenoxy) is 1. The Bertz CT molecular complexity index is 1060. The van der Waals surface area contributed by atoms with Crippen LogP contribution in [0.3, 0.4) is 0 Å². The third-order valence-corrected chi connectivity index (χ3v) is 4.35. The van der Waals surface area contributed by atoms with Gasteiger partial charge in [-0.05, 0) is 36.8 Å². The molecule has 5 nitrogen and oxygen atoms in total. The van der Waals surface area contributed by atoms with E-state index in [0.717, 1.165) is 34.4 Å². The molecular formula is C22H21N3O2. The van der Waals surface area contributed by atoms with Crippen LogP contribution in [0.1, 0.15) is 19.0 Å². The quantitative estimate of drug-likeness (QED) is 0.555. The molecule has 0 spiro atoms. The lowest BCUT2D eigenvalue weighted by molar-refractivity contribution is 0.274. The number of rotatable bonds is 6. The number of aromatic nitrogens is 3. The summed E-state index contributed by atoms with van der Waals surface area (Å²) in [5.41, 5.74) is 4.94. The molecule has 0 amide bonds. The maximum absolute atomic E-state index is 9.83. The Morgan fingerprint density at radius 3 is 2.37 bits per heavy atom. The van der Waals surface area contributed by atoms with Crippen molar-refractivity contribution in [3.8, 4) is 22.8 Å². The van der Waals surface area contributed by atoms with E-state index in [2.05, 4.69) is 11.9 Å². The molecule has 0 saturated carbocycles. The van der Waals surface area contributed by atoms with Gasteiger partial charge < -0.3 is 14.4 Å². The Balaban J connectivity index is 1.87. The van der Waals surface area contributed by atoms with Gasteiger partial charge in [0, 0.05) is 23.1 Å². The molecule has 0 aliphatic rings. The lowest BCUT2D eigenvalue weighted by atomic mass is 10.2. The highest BCUT2D eigenvalue weighted by atomic mass is 16.5. The van der Waals surface area contributed by atoms with E-state index in [0.29, 0.717) is 18.2 Å². The van der Waals surface area contributed by atoms with E-state index in [4.69, 9.17) is 9.72 Å². The zero-order chi connectivity index (χ0) is 18.6. The van der Waals surface area contributed by atoms with Crippen molar-refractivity contribution in [2.24, 2.45) is 0 Å². The van der Waals surface area contributed by atoms with Crippen LogP contribution in [-0.4, -0.2) is 26.2 Å². The molecule has 0 bridgehead atoms. The number of para-hydroxylation sites is 3. The van der Waals surface area contributed by atoms with Crippen LogP contribution in [0.5, 0.6) is 5.88 Å². The van der Waals surface area contributed by atoms with Crippen LogP contribution in [0.15, 0.2) is 66.9 Å². The summed E-state index contributed by atoms with van der Waals surface area (Å²) in [6.45, 7) is 2.57. The zero-order valence-electron chi connectivity index (χ0n) is 15.2. The first kappa shape index (κ1) is 17.2. The molecule has 136 valence electrons. The van der Waals surface area contributed by atoms with E-state index in [1.165, 1.54) is 0 Å². The summed E-state index contributed by atoms with van der Waals surface area (Å²) in [4.78, 5) is 9.47. The minimum Gasteiger partial charge on any atom is -0.476 e. The Morgan fingerprint density at radius 2 is 1.67 bits per heavy atom. The van der Waals surface area contributed by atoms with Crippen molar-refractivity contribution in [2.75, 3.05) is 6.61 Å². The highest BCUT2D eigenvalue weighted by molar-refractivity contribution is 5.79. The molecule has 0 atom stereocenters. The second-order valence-electron chi connectivity index (χ2n) is 6.30. The molecular weight excluding hydrogens is 338 g/mol. The van der Waals surface area contributed by atoms with Crippen LogP contribution < -0.4 is 4.74 Å². The van der Waals surface area contributed by atoms with E-state index in [-0.39, 0.29) is 6.61 Å². The Labute approximate surface area is 157 Å². The van der Waals surface area contributed by atoms with Gasteiger partial charge in [0.2, 0.25) is 5.88 Å². The number of nitrogens with zero attached hydrogens (tertiary/aromatic N) is 3. The number of hydrogen-bond acceptors (Lipinski definition) is 4. The molecule has 0 fully saturated rings. The van der Waals surface area contributed by atoms with Gasteiger partial charge in [-0.15, -0.1) is 0 Å². The lowest BCUT2D eigenvalue weighted by Crippen LogP contribution is -2.01. The van der Waals surface area contributed by atoms with Crippen LogP contribution in [0.4, 0.5) is 0 Å². The molecule has 2 aromatic heterocycles. The summed E-state index contributed by atoms with van der Waals surface area (Å²) in [6, 6.07) is 19.6. The van der Waals surface area contributed by atoms with Crippen molar-refractivity contribution in [3.05, 3.63) is 72.6 Å². The number of fused-ring (bicyclic) bond motifs is 1. The lowest BCUT2D eigenvalue weighted by Gasteiger charge is -2.10. The predicted octanol–water partition coefficient (Wildman–Crippen LogP) is 4.37. The first-order chi connectivity index (χ1) is 13.3. The van der Waals surface area contributed by atoms with Crippen molar-refractivity contribution >= 4 is 11.0 Å². The summed E-state index contributed by atoms with van der Waals surface area (Å²) >= 11 is 0. The highest BCUT2D eigenvalue weighted by Gasteiger charge is 2.16. The van der Waals surface area contributed by atoms with E-state index >= 15 is 0 Å². The van der Waals surface area contributed by atoms with E-state index in [9.17, 15) is 5.11 Å². The van der Waals surface area contributed by atoms with E-state index in [1.807, 2.05) is 71.4 Å². The average molecular weight is 359 g/mol. The topological polar surface area (TPSA) is 60.2 Å². The summed E-state index contributed by atoms with van der Waals surface area (Å²) in [5.74, 6) is 0.519. The van der Waals surface area contributed by atoms with Crippen molar-refractivity contribution in [2.45, 2.75) is 20.0 Å². The van der Waals surface area contributed by atoms with Gasteiger partial charge in [-0.25, -0.2) is 9.97 Å². The summed E-state index contributed by atoms with van der Waals surface area (Å²) in [5, 5.41) is 9.83. The average Bonchev–Trinajstić information content (AvgIpc) is 3.16. The predicted molar refractivity (Wildman–Crippen MR) is 106 cm³/mol. The van der Waals surface area contributed by atoms with Gasteiger partial charge in [0.15, 0.2) is 0 Å². The van der Waals surface area contributed by atoms with Gasteiger partial charge in [0.05, 0.1) is 24.2 Å². The standard InChI is InChI=1S/C22H21N3O2/c1-2-12-27-22-21(23-19-10-6-7-11-20(19)24-22)16-13-18(15-26)25(14-16)17-8-4-3-5-9-17/h3-11,13-14,26H,2,12,15H2,1H3. The van der Waals surface area contributed by atoms with E-state index in [1.54, 1.807) is 0 Å². The number of hydrogen-bond donors (Lipinski definition) is 1. The SMILES string of the molecule is CCCOc1nc2ccccc2nc1-c1cc(CO)n(-c2ccccc2)c1. The molecule has 2 heterocycles. The number of aliphatic hydroxyl groups excluding tert-OH is 1. The minimum absolute atomic E-state index is 0.0684. The van der Waals surface area contributed by atoms with Gasteiger partial charge in [0.1, 0.15) is 5.69 Å². The molecule has 5 heteroatoms. The normalized spacial score (nSPS) is 11.0. The summed E-state index contributed by atoms with van der Waals surface area (Å²) in [6.07, 6.45) is 2.86. The molecule has 1 N–H and O–H groups in total. The smallest absolute Gasteiger partial charge is 0.241 e. The van der Waals surface area contributed by atoms with Crippen molar-refractivity contribution in [1.82, 2.24) is 14.5 Å². The molecule has 0 saturated heterocycles. The van der Waals surface area contributed by atoms with Crippen LogP contribution in [0.25, 0.3) is 28.0 Å². The first-order valence-corrected chi connectivity index (χ1v) is 9.07. The Morgan fingerprint density at radius 1 is 0.963 bits per heavy atom. The van der Waals surface area contributed by atoms with Crippen LogP contribution in [0.2, 0.25) is 0 Å². The largest absolute Gasteiger partial charge is 0.476 e. The third kappa shape index (κ3) is 3.41. The maximum atomic E-state index is 9.83. The zero-order valence-corrected chi connectivity index (χ0v) is 15.2. The minimum atomic E-state index is -0.0684. The van der Waals surface area contributed by atoms with Crippen LogP contribution in [-0.2, 0) is 6.61 Å². The monoisotopic (exact) mass is 359 g/mol. The molecule has 4 rings (SSSR count). The van der Waals surface area contributed by atoms with Gasteiger partial charge in [-0.3, -0.25) is 0 Å². The maximum Gasteiger partial charge on any atom is 0.241 e. The summed E-state index contributed by atoms with van der Waals surface area (Å²) in [7, 11) is 0. The van der Waals surface area contributed by atoms with Crippen LogP contribution in [0, 0.1) is 0 Å². The fraction of sp³-hybridized carbons (Fsp3) is 0.182. The number of aliphatic hydroxyl groups is 1. The highest BCUT2D eigenvalue weighted by Crippen LogP contribution is 2.31. The second-order valence-corrected chi connectivity index (χ2v) is 6.30. The fourth-order valence-corrected chi connectivity index (χ4v) is 3.06. The summed E-state index contributed by atoms with van der Waals surface area (Å²) < 4.78 is 7.86. The number of benzene rings is 2. The van der Waals surface area contributed by atoms with Crippen molar-refractivity contribution < 1.29 is 9.84 Å². The van der Waals surface area contributed by atoms with Gasteiger partial charge >= 0.3 is 0 Å². The van der Waals surface area contributed by atoms with Gasteiger partial charge in [-0.2, -0.15) is 0 Å². The van der Waals surface area contributed by atoms with Crippen molar-refractivity contribution in [3.63, 3.8) is 0 Å². The molecule has 0 unspecified atom stereocenters. The van der Waals surface area contributed by atoms with E-state index < -0.39 is 0 Å². The van der Waals surface area contributed by atoms with Gasteiger partial charge in [-0.1, -0.05) is 37.3 Å². The molecule has 0 aliphatic heterocycles. The molecule has 4 aromatic rings. The Hall–Kier alpha value is -3.18. The first-order valence-electron chi connectivity index (χ1n) is 9.07. The van der Waals surface area contributed by atoms with Crippen LogP contribution >= 0.6 is 0 Å². The molecule has 27 heavy (non-hydrogen) atoms. The fourth-order valence-electron chi connectivity index (χ4n) is 3.06. The molecule has 0 aliphatic carbocycles. The second kappa shape index (κ2) is 7.60. The third-order valence-electron chi connectivity index (χ3n) is 4.35. The Kier molecular flexibility index (Phi) is 4.85. The molecule has 2 aromatic carbocycles. The molecule has 0 radical (unpaired) electrons.